The molecule has 2 aromatic heterocycles. The number of fused-ring (bicyclic) bond motifs is 1. The maximum Gasteiger partial charge on any atom is 0.298 e. The molecule has 0 spiro atoms. The van der Waals surface area contributed by atoms with E-state index in [4.69, 9.17) is 14.2 Å². The lowest BCUT2D eigenvalue weighted by atomic mass is 10.1. The molecule has 148 valence electrons. The maximum absolute atomic E-state index is 13.2. The third kappa shape index (κ3) is 3.94. The second kappa shape index (κ2) is 8.38. The molecule has 1 amide bonds. The molecule has 1 aliphatic rings. The lowest BCUT2D eigenvalue weighted by molar-refractivity contribution is 0.0390. The van der Waals surface area contributed by atoms with E-state index in [2.05, 4.69) is 29.1 Å². The summed E-state index contributed by atoms with van der Waals surface area (Å²) in [6.07, 6.45) is 0.906. The van der Waals surface area contributed by atoms with Gasteiger partial charge in [-0.2, -0.15) is 0 Å². The highest BCUT2D eigenvalue weighted by molar-refractivity contribution is 7.22. The van der Waals surface area contributed by atoms with Gasteiger partial charge in [-0.25, -0.2) is 4.98 Å². The van der Waals surface area contributed by atoms with E-state index in [1.807, 2.05) is 13.0 Å². The Morgan fingerprint density at radius 3 is 2.86 bits per heavy atom. The number of aromatic nitrogens is 2. The lowest BCUT2D eigenvalue weighted by Gasteiger charge is -2.28. The number of morpholine rings is 1. The Kier molecular flexibility index (Phi) is 5.70. The molecule has 1 aromatic carbocycles. The van der Waals surface area contributed by atoms with Crippen molar-refractivity contribution in [3.63, 3.8) is 0 Å². The molecule has 8 heteroatoms. The topological polar surface area (TPSA) is 71.7 Å². The number of benzene rings is 1. The zero-order valence-electron chi connectivity index (χ0n) is 16.2. The van der Waals surface area contributed by atoms with Crippen LogP contribution in [0.3, 0.4) is 0 Å². The second-order valence-electron chi connectivity index (χ2n) is 6.86. The Labute approximate surface area is 167 Å². The zero-order valence-corrected chi connectivity index (χ0v) is 17.0. The first kappa shape index (κ1) is 19.0. The predicted molar refractivity (Wildman–Crippen MR) is 109 cm³/mol. The largest absolute Gasteiger partial charge is 0.379 e. The standard InChI is InChI=1S/C20H24N4O3S/c1-3-15-5-4-6-17-18(15)21-20(28-17)24(8-7-23-9-11-26-12-10-23)19(25)16-13-14(2)22-27-16/h4-6,13H,3,7-12H2,1-2H3. The number of hydrogen-bond acceptors (Lipinski definition) is 7. The molecular formula is C20H24N4O3S. The summed E-state index contributed by atoms with van der Waals surface area (Å²) in [5, 5.41) is 4.56. The van der Waals surface area contributed by atoms with Gasteiger partial charge in [0.25, 0.3) is 5.91 Å². The van der Waals surface area contributed by atoms with Crippen LogP contribution >= 0.6 is 11.3 Å². The minimum atomic E-state index is -0.203. The third-order valence-corrected chi connectivity index (χ3v) is 5.97. The number of aryl methyl sites for hydroxylation is 2. The van der Waals surface area contributed by atoms with E-state index in [9.17, 15) is 4.79 Å². The molecular weight excluding hydrogens is 376 g/mol. The van der Waals surface area contributed by atoms with E-state index in [-0.39, 0.29) is 11.7 Å². The molecule has 0 unspecified atom stereocenters. The van der Waals surface area contributed by atoms with Crippen molar-refractivity contribution in [1.29, 1.82) is 0 Å². The molecule has 28 heavy (non-hydrogen) atoms. The zero-order chi connectivity index (χ0) is 19.5. The normalized spacial score (nSPS) is 15.2. The van der Waals surface area contributed by atoms with Crippen molar-refractivity contribution in [3.8, 4) is 0 Å². The van der Waals surface area contributed by atoms with Crippen molar-refractivity contribution in [1.82, 2.24) is 15.0 Å². The molecule has 0 radical (unpaired) electrons. The highest BCUT2D eigenvalue weighted by Crippen LogP contribution is 2.32. The fourth-order valence-corrected chi connectivity index (χ4v) is 4.38. The minimum absolute atomic E-state index is 0.203. The van der Waals surface area contributed by atoms with Crippen LogP contribution in [0.1, 0.15) is 28.7 Å². The third-order valence-electron chi connectivity index (χ3n) is 4.93. The van der Waals surface area contributed by atoms with Crippen LogP contribution in [0.25, 0.3) is 10.2 Å². The van der Waals surface area contributed by atoms with Crippen molar-refractivity contribution < 1.29 is 14.1 Å². The van der Waals surface area contributed by atoms with Gasteiger partial charge in [0.15, 0.2) is 5.13 Å². The second-order valence-corrected chi connectivity index (χ2v) is 7.87. The Morgan fingerprint density at radius 2 is 2.14 bits per heavy atom. The van der Waals surface area contributed by atoms with Crippen LogP contribution in [0.4, 0.5) is 5.13 Å². The number of hydrogen-bond donors (Lipinski definition) is 0. The molecule has 4 rings (SSSR count). The summed E-state index contributed by atoms with van der Waals surface area (Å²) >= 11 is 1.54. The van der Waals surface area contributed by atoms with E-state index in [1.165, 1.54) is 5.56 Å². The first-order valence-corrected chi connectivity index (χ1v) is 10.4. The van der Waals surface area contributed by atoms with Gasteiger partial charge >= 0.3 is 0 Å². The molecule has 1 aliphatic heterocycles. The number of thiazole rings is 1. The molecule has 3 heterocycles. The molecule has 0 bridgehead atoms. The van der Waals surface area contributed by atoms with Crippen molar-refractivity contribution in [2.45, 2.75) is 20.3 Å². The molecule has 1 saturated heterocycles. The van der Waals surface area contributed by atoms with Crippen LogP contribution in [-0.4, -0.2) is 60.3 Å². The Bertz CT molecular complexity index is 961. The number of nitrogens with zero attached hydrogens (tertiary/aromatic N) is 4. The summed E-state index contributed by atoms with van der Waals surface area (Å²) in [7, 11) is 0. The van der Waals surface area contributed by atoms with E-state index in [1.54, 1.807) is 22.3 Å². The molecule has 0 saturated carbocycles. The van der Waals surface area contributed by atoms with Crippen LogP contribution in [-0.2, 0) is 11.2 Å². The highest BCUT2D eigenvalue weighted by atomic mass is 32.1. The maximum atomic E-state index is 13.2. The first-order chi connectivity index (χ1) is 13.7. The summed E-state index contributed by atoms with van der Waals surface area (Å²) < 4.78 is 11.8. The van der Waals surface area contributed by atoms with Crippen LogP contribution in [0.5, 0.6) is 0 Å². The van der Waals surface area contributed by atoms with Gasteiger partial charge in [0.1, 0.15) is 0 Å². The molecule has 7 nitrogen and oxygen atoms in total. The number of carbonyl (C=O) groups is 1. The Morgan fingerprint density at radius 1 is 1.32 bits per heavy atom. The van der Waals surface area contributed by atoms with Gasteiger partial charge in [0.2, 0.25) is 5.76 Å². The number of ether oxygens (including phenoxy) is 1. The average Bonchev–Trinajstić information content (AvgIpc) is 3.34. The highest BCUT2D eigenvalue weighted by Gasteiger charge is 2.26. The predicted octanol–water partition coefficient (Wildman–Crippen LogP) is 3.13. The summed E-state index contributed by atoms with van der Waals surface area (Å²) in [6.45, 7) is 8.45. The smallest absolute Gasteiger partial charge is 0.298 e. The summed E-state index contributed by atoms with van der Waals surface area (Å²) in [4.78, 5) is 22.0. The van der Waals surface area contributed by atoms with Crippen molar-refractivity contribution in [2.24, 2.45) is 0 Å². The van der Waals surface area contributed by atoms with Gasteiger partial charge in [-0.15, -0.1) is 0 Å². The SMILES string of the molecule is CCc1cccc2sc(N(CCN3CCOCC3)C(=O)c3cc(C)no3)nc12. The number of carbonyl (C=O) groups excluding carboxylic acids is 1. The van der Waals surface area contributed by atoms with E-state index in [0.717, 1.165) is 49.5 Å². The molecule has 0 N–H and O–H groups in total. The fraction of sp³-hybridized carbons (Fsp3) is 0.450. The number of anilines is 1. The van der Waals surface area contributed by atoms with Crippen molar-refractivity contribution >= 4 is 32.6 Å². The van der Waals surface area contributed by atoms with Gasteiger partial charge < -0.3 is 9.26 Å². The van der Waals surface area contributed by atoms with Crippen molar-refractivity contribution in [3.05, 3.63) is 41.3 Å². The van der Waals surface area contributed by atoms with Gasteiger partial charge in [-0.1, -0.05) is 35.5 Å². The molecule has 1 fully saturated rings. The van der Waals surface area contributed by atoms with Gasteiger partial charge in [0, 0.05) is 32.2 Å². The average molecular weight is 401 g/mol. The summed E-state index contributed by atoms with van der Waals surface area (Å²) in [6, 6.07) is 7.86. The number of amides is 1. The number of para-hydroxylation sites is 1. The molecule has 3 aromatic rings. The van der Waals surface area contributed by atoms with E-state index in [0.29, 0.717) is 17.4 Å². The van der Waals surface area contributed by atoms with Crippen LogP contribution in [0.2, 0.25) is 0 Å². The van der Waals surface area contributed by atoms with E-state index >= 15 is 0 Å². The van der Waals surface area contributed by atoms with Gasteiger partial charge in [0.05, 0.1) is 29.1 Å². The minimum Gasteiger partial charge on any atom is -0.379 e. The van der Waals surface area contributed by atoms with E-state index < -0.39 is 0 Å². The quantitative estimate of drug-likeness (QED) is 0.633. The van der Waals surface area contributed by atoms with Gasteiger partial charge in [-0.3, -0.25) is 14.6 Å². The van der Waals surface area contributed by atoms with Crippen LogP contribution in [0, 0.1) is 6.92 Å². The monoisotopic (exact) mass is 400 g/mol. The van der Waals surface area contributed by atoms with Gasteiger partial charge in [-0.05, 0) is 25.0 Å². The first-order valence-electron chi connectivity index (χ1n) is 9.59. The Balaban J connectivity index is 1.64. The Hall–Kier alpha value is -2.29. The lowest BCUT2D eigenvalue weighted by Crippen LogP contribution is -2.43. The van der Waals surface area contributed by atoms with Crippen molar-refractivity contribution in [2.75, 3.05) is 44.3 Å². The fourth-order valence-electron chi connectivity index (χ4n) is 3.34. The number of rotatable bonds is 6. The molecule has 0 atom stereocenters. The van der Waals surface area contributed by atoms with Crippen LogP contribution in [0.15, 0.2) is 28.8 Å². The molecule has 0 aliphatic carbocycles. The summed E-state index contributed by atoms with van der Waals surface area (Å²) in [5.74, 6) is 0.0420. The summed E-state index contributed by atoms with van der Waals surface area (Å²) in [5.41, 5.74) is 2.85. The van der Waals surface area contributed by atoms with Crippen LogP contribution < -0.4 is 4.90 Å².